The van der Waals surface area contributed by atoms with E-state index in [-0.39, 0.29) is 15.7 Å². The van der Waals surface area contributed by atoms with E-state index >= 15 is 0 Å². The summed E-state index contributed by atoms with van der Waals surface area (Å²) in [5, 5.41) is 19.5. The Kier molecular flexibility index (Phi) is 5.52. The fraction of sp³-hybridized carbons (Fsp3) is 0.0417. The third-order valence-electron chi connectivity index (χ3n) is 4.79. The fourth-order valence-corrected chi connectivity index (χ4v) is 5.35. The van der Waals surface area contributed by atoms with Crippen molar-refractivity contribution in [2.45, 2.75) is 6.54 Å². The molecule has 1 aromatic heterocycles. The van der Waals surface area contributed by atoms with Gasteiger partial charge < -0.3 is 0 Å². The van der Waals surface area contributed by atoms with Crippen LogP contribution in [0.5, 0.6) is 0 Å². The summed E-state index contributed by atoms with van der Waals surface area (Å²) >= 11 is -1.09. The van der Waals surface area contributed by atoms with Crippen LogP contribution in [-0.4, -0.2) is 36.0 Å². The number of hydrogen-bond acceptors (Lipinski definition) is 3. The van der Waals surface area contributed by atoms with Gasteiger partial charge >= 0.3 is 180 Å². The van der Waals surface area contributed by atoms with Crippen molar-refractivity contribution >= 4 is 41.5 Å². The number of carboxylic acids is 1. The van der Waals surface area contributed by atoms with Crippen LogP contribution in [0.25, 0.3) is 10.9 Å². The molecule has 3 aromatic carbocycles. The molecule has 0 unspecified atom stereocenters. The Bertz CT molecular complexity index is 1300. The van der Waals surface area contributed by atoms with E-state index in [9.17, 15) is 14.7 Å². The predicted molar refractivity (Wildman–Crippen MR) is 115 cm³/mol. The van der Waals surface area contributed by atoms with Crippen molar-refractivity contribution in [2.75, 3.05) is 0 Å². The van der Waals surface area contributed by atoms with E-state index in [1.807, 2.05) is 71.3 Å². The van der Waals surface area contributed by atoms with Crippen LogP contribution in [0.4, 0.5) is 0 Å². The standard InChI is InChI=1S/C24H16AsN2O3/c26-14-17-10-11-20(19(12-17)24(29)30)25-23(28)22-13-18-8-4-5-9-21(18)27(22)15-16-6-2-1-3-7-16/h1-13H,15H2,(H,29,30). The van der Waals surface area contributed by atoms with Gasteiger partial charge in [0.1, 0.15) is 0 Å². The summed E-state index contributed by atoms with van der Waals surface area (Å²) in [6, 6.07) is 26.0. The Labute approximate surface area is 179 Å². The topological polar surface area (TPSA) is 83.1 Å². The van der Waals surface area contributed by atoms with Crippen LogP contribution in [-0.2, 0) is 6.54 Å². The molecular weight excluding hydrogens is 439 g/mol. The Balaban J connectivity index is 1.75. The third kappa shape index (κ3) is 3.91. The Morgan fingerprint density at radius 2 is 1.70 bits per heavy atom. The van der Waals surface area contributed by atoms with Crippen molar-refractivity contribution in [1.82, 2.24) is 4.57 Å². The third-order valence-corrected chi connectivity index (χ3v) is 7.02. The van der Waals surface area contributed by atoms with Gasteiger partial charge in [-0.3, -0.25) is 0 Å². The van der Waals surface area contributed by atoms with E-state index in [2.05, 4.69) is 0 Å². The fourth-order valence-electron chi connectivity index (χ4n) is 3.36. The van der Waals surface area contributed by atoms with Gasteiger partial charge in [-0.05, 0) is 0 Å². The number of fused-ring (bicyclic) bond motifs is 1. The second kappa shape index (κ2) is 8.40. The Hall–Kier alpha value is -3.61. The van der Waals surface area contributed by atoms with Gasteiger partial charge in [-0.25, -0.2) is 0 Å². The summed E-state index contributed by atoms with van der Waals surface area (Å²) in [5.74, 6) is -1.13. The summed E-state index contributed by atoms with van der Waals surface area (Å²) < 4.78 is 2.40. The first-order valence-corrected chi connectivity index (χ1v) is 11.1. The van der Waals surface area contributed by atoms with E-state index in [1.54, 1.807) is 12.1 Å². The zero-order valence-corrected chi connectivity index (χ0v) is 17.7. The quantitative estimate of drug-likeness (QED) is 0.452. The average molecular weight is 455 g/mol. The molecule has 0 aliphatic heterocycles. The maximum atomic E-state index is 13.3. The van der Waals surface area contributed by atoms with Gasteiger partial charge in [-0.2, -0.15) is 0 Å². The van der Waals surface area contributed by atoms with Gasteiger partial charge in [-0.1, -0.05) is 0 Å². The predicted octanol–water partition coefficient (Wildman–Crippen LogP) is 3.43. The minimum atomic E-state index is -1.13. The summed E-state index contributed by atoms with van der Waals surface area (Å²) in [4.78, 5) is 24.9. The molecule has 1 N–H and O–H groups in total. The molecule has 0 spiro atoms. The first-order chi connectivity index (χ1) is 14.6. The van der Waals surface area contributed by atoms with Gasteiger partial charge in [0.2, 0.25) is 0 Å². The SMILES string of the molecule is N#Cc1ccc([As]C(=O)c2cc3ccccc3n2Cc2ccccc2)c(C(=O)O)c1. The molecule has 30 heavy (non-hydrogen) atoms. The van der Waals surface area contributed by atoms with Crippen LogP contribution in [0.15, 0.2) is 78.9 Å². The van der Waals surface area contributed by atoms with E-state index in [1.165, 1.54) is 6.07 Å². The van der Waals surface area contributed by atoms with Crippen LogP contribution in [0.3, 0.4) is 0 Å². The molecule has 6 heteroatoms. The molecular formula is C24H16AsN2O3. The van der Waals surface area contributed by atoms with Crippen LogP contribution in [0.2, 0.25) is 0 Å². The average Bonchev–Trinajstić information content (AvgIpc) is 3.13. The van der Waals surface area contributed by atoms with Gasteiger partial charge in [0, 0.05) is 0 Å². The molecule has 4 rings (SSSR count). The van der Waals surface area contributed by atoms with E-state index in [4.69, 9.17) is 5.26 Å². The van der Waals surface area contributed by atoms with E-state index in [0.717, 1.165) is 16.5 Å². The molecule has 1 radical (unpaired) electrons. The summed E-state index contributed by atoms with van der Waals surface area (Å²) in [7, 11) is 0. The first-order valence-electron chi connectivity index (χ1n) is 9.22. The molecule has 4 aromatic rings. The zero-order valence-electron chi connectivity index (χ0n) is 15.8. The number of carboxylic acid groups (broad SMARTS) is 1. The van der Waals surface area contributed by atoms with Gasteiger partial charge in [0.15, 0.2) is 0 Å². The second-order valence-electron chi connectivity index (χ2n) is 6.73. The van der Waals surface area contributed by atoms with E-state index < -0.39 is 21.7 Å². The Morgan fingerprint density at radius 3 is 2.43 bits per heavy atom. The molecule has 0 aliphatic rings. The van der Waals surface area contributed by atoms with Gasteiger partial charge in [0.25, 0.3) is 0 Å². The Morgan fingerprint density at radius 1 is 0.967 bits per heavy atom. The van der Waals surface area contributed by atoms with Crippen LogP contribution in [0.1, 0.15) is 32.0 Å². The molecule has 1 heterocycles. The van der Waals surface area contributed by atoms with Gasteiger partial charge in [-0.15, -0.1) is 0 Å². The number of benzene rings is 3. The molecule has 0 atom stereocenters. The number of nitrogens with zero attached hydrogens (tertiary/aromatic N) is 2. The van der Waals surface area contributed by atoms with Gasteiger partial charge in [0.05, 0.1) is 0 Å². The number of aromatic carboxylic acids is 1. The van der Waals surface area contributed by atoms with Crippen LogP contribution >= 0.6 is 0 Å². The summed E-state index contributed by atoms with van der Waals surface area (Å²) in [6.07, 6.45) is 0. The monoisotopic (exact) mass is 455 g/mol. The minimum absolute atomic E-state index is 0.0214. The molecule has 0 aliphatic carbocycles. The van der Waals surface area contributed by atoms with Crippen molar-refractivity contribution in [3.05, 3.63) is 101 Å². The maximum absolute atomic E-state index is 13.3. The molecule has 0 amide bonds. The van der Waals surface area contributed by atoms with Crippen molar-refractivity contribution in [3.8, 4) is 6.07 Å². The van der Waals surface area contributed by atoms with Crippen molar-refractivity contribution in [3.63, 3.8) is 0 Å². The van der Waals surface area contributed by atoms with Crippen molar-refractivity contribution in [1.29, 1.82) is 5.26 Å². The molecule has 0 saturated heterocycles. The van der Waals surface area contributed by atoms with E-state index in [0.29, 0.717) is 16.6 Å². The number of carbonyl (C=O) groups is 2. The molecule has 145 valence electrons. The number of para-hydroxylation sites is 1. The zero-order chi connectivity index (χ0) is 21.1. The van der Waals surface area contributed by atoms with Crippen molar-refractivity contribution in [2.24, 2.45) is 0 Å². The number of hydrogen-bond donors (Lipinski definition) is 1. The molecule has 0 saturated carbocycles. The molecule has 5 nitrogen and oxygen atoms in total. The second-order valence-corrected chi connectivity index (χ2v) is 9.06. The number of rotatable bonds is 6. The van der Waals surface area contributed by atoms with Crippen LogP contribution in [0, 0.1) is 11.3 Å². The van der Waals surface area contributed by atoms with Crippen molar-refractivity contribution < 1.29 is 14.7 Å². The summed E-state index contributed by atoms with van der Waals surface area (Å²) in [6.45, 7) is 0.551. The molecule has 0 bridgehead atoms. The van der Waals surface area contributed by atoms with Crippen LogP contribution < -0.4 is 4.35 Å². The molecule has 0 fully saturated rings. The number of carbonyl (C=O) groups excluding carboxylic acids is 1. The first kappa shape index (κ1) is 19.7. The normalized spacial score (nSPS) is 11.0. The number of nitriles is 1. The summed E-state index contributed by atoms with van der Waals surface area (Å²) in [5.41, 5.74) is 2.90. The number of aromatic nitrogens is 1.